The molecule has 0 amide bonds. The van der Waals surface area contributed by atoms with E-state index in [1.807, 2.05) is 19.9 Å². The van der Waals surface area contributed by atoms with Crippen molar-refractivity contribution in [1.82, 2.24) is 24.6 Å². The number of benzene rings is 2. The summed E-state index contributed by atoms with van der Waals surface area (Å²) >= 11 is 1.51. The Hall–Kier alpha value is -4.12. The van der Waals surface area contributed by atoms with Crippen molar-refractivity contribution in [3.05, 3.63) is 82.8 Å². The molecular formula is C25H15F4N5OS. The fourth-order valence-electron chi connectivity index (χ4n) is 4.07. The zero-order valence-corrected chi connectivity index (χ0v) is 19.6. The second-order valence-electron chi connectivity index (χ2n) is 8.27. The molecule has 0 saturated heterocycles. The molecule has 0 radical (unpaired) electrons. The standard InChI is InChI=1S/C25H15F4N5OS/c1-11-7-12(2)31-25-17(11)20-22(36-25)24-32-23(33-34(24)10-30-20)14-5-3-13(4-6-14)9-35-21-18(28)15(26)8-16(27)19(21)29/h3-8,10H,9H2,1-2H3. The fraction of sp³-hybridized carbons (Fsp3) is 0.120. The van der Waals surface area contributed by atoms with Gasteiger partial charge in [-0.15, -0.1) is 16.4 Å². The Labute approximate surface area is 204 Å². The van der Waals surface area contributed by atoms with E-state index in [1.165, 1.54) is 11.3 Å². The number of aromatic nitrogens is 5. The maximum atomic E-state index is 13.8. The highest BCUT2D eigenvalue weighted by Crippen LogP contribution is 2.36. The van der Waals surface area contributed by atoms with Gasteiger partial charge in [0.05, 0.1) is 5.52 Å². The van der Waals surface area contributed by atoms with Crippen LogP contribution in [0.4, 0.5) is 17.6 Å². The van der Waals surface area contributed by atoms with Gasteiger partial charge in [-0.05, 0) is 31.0 Å². The normalized spacial score (nSPS) is 11.7. The van der Waals surface area contributed by atoms with Gasteiger partial charge in [0.1, 0.15) is 22.5 Å². The van der Waals surface area contributed by atoms with Gasteiger partial charge < -0.3 is 4.74 Å². The van der Waals surface area contributed by atoms with Gasteiger partial charge in [0, 0.05) is 22.7 Å². The van der Waals surface area contributed by atoms with Gasteiger partial charge in [-0.1, -0.05) is 24.3 Å². The maximum Gasteiger partial charge on any atom is 0.203 e. The molecule has 36 heavy (non-hydrogen) atoms. The molecule has 4 heterocycles. The summed E-state index contributed by atoms with van der Waals surface area (Å²) in [7, 11) is 0. The lowest BCUT2D eigenvalue weighted by molar-refractivity contribution is 0.261. The molecule has 0 fully saturated rings. The number of aryl methyl sites for hydroxylation is 2. The van der Waals surface area contributed by atoms with Crippen LogP contribution in [0.1, 0.15) is 16.8 Å². The molecule has 0 saturated carbocycles. The molecule has 2 aromatic carbocycles. The summed E-state index contributed by atoms with van der Waals surface area (Å²) < 4.78 is 61.9. The third kappa shape index (κ3) is 3.54. The van der Waals surface area contributed by atoms with Gasteiger partial charge in [0.2, 0.25) is 11.6 Å². The number of rotatable bonds is 4. The van der Waals surface area contributed by atoms with E-state index in [-0.39, 0.29) is 12.7 Å². The Bertz CT molecular complexity index is 1790. The van der Waals surface area contributed by atoms with Crippen molar-refractivity contribution in [3.63, 3.8) is 0 Å². The Morgan fingerprint density at radius 1 is 0.944 bits per heavy atom. The van der Waals surface area contributed by atoms with E-state index in [4.69, 9.17) is 9.72 Å². The summed E-state index contributed by atoms with van der Waals surface area (Å²) in [6, 6.07) is 8.89. The third-order valence-electron chi connectivity index (χ3n) is 5.76. The lowest BCUT2D eigenvalue weighted by atomic mass is 10.1. The zero-order valence-electron chi connectivity index (χ0n) is 18.8. The number of thiophene rings is 1. The molecule has 0 unspecified atom stereocenters. The second kappa shape index (κ2) is 8.23. The van der Waals surface area contributed by atoms with E-state index in [2.05, 4.69) is 15.1 Å². The van der Waals surface area contributed by atoms with E-state index >= 15 is 0 Å². The van der Waals surface area contributed by atoms with Crippen molar-refractivity contribution in [2.24, 2.45) is 0 Å². The van der Waals surface area contributed by atoms with Crippen LogP contribution in [0.5, 0.6) is 5.75 Å². The third-order valence-corrected chi connectivity index (χ3v) is 6.83. The zero-order chi connectivity index (χ0) is 25.1. The minimum atomic E-state index is -1.58. The Balaban J connectivity index is 1.31. The number of fused-ring (bicyclic) bond motifs is 5. The molecule has 0 aliphatic heterocycles. The van der Waals surface area contributed by atoms with Crippen molar-refractivity contribution < 1.29 is 22.3 Å². The van der Waals surface area contributed by atoms with Crippen molar-refractivity contribution in [2.75, 3.05) is 0 Å². The molecule has 0 N–H and O–H groups in total. The summed E-state index contributed by atoms with van der Waals surface area (Å²) in [5, 5.41) is 5.53. The molecule has 0 aliphatic carbocycles. The van der Waals surface area contributed by atoms with E-state index in [0.29, 0.717) is 22.6 Å². The maximum absolute atomic E-state index is 13.8. The van der Waals surface area contributed by atoms with Crippen molar-refractivity contribution >= 4 is 37.4 Å². The molecule has 11 heteroatoms. The highest BCUT2D eigenvalue weighted by Gasteiger charge is 2.21. The first-order valence-corrected chi connectivity index (χ1v) is 11.6. The van der Waals surface area contributed by atoms with Crippen molar-refractivity contribution in [3.8, 4) is 17.1 Å². The van der Waals surface area contributed by atoms with Gasteiger partial charge in [-0.3, -0.25) is 0 Å². The first kappa shape index (κ1) is 22.4. The first-order chi connectivity index (χ1) is 17.3. The molecule has 0 bridgehead atoms. The second-order valence-corrected chi connectivity index (χ2v) is 9.27. The highest BCUT2D eigenvalue weighted by atomic mass is 32.1. The Morgan fingerprint density at radius 3 is 2.39 bits per heavy atom. The largest absolute Gasteiger partial charge is 0.483 e. The molecule has 6 rings (SSSR count). The highest BCUT2D eigenvalue weighted by molar-refractivity contribution is 7.26. The minimum Gasteiger partial charge on any atom is -0.483 e. The predicted octanol–water partition coefficient (Wildman–Crippen LogP) is 6.31. The molecular weight excluding hydrogens is 494 g/mol. The molecule has 180 valence electrons. The van der Waals surface area contributed by atoms with Crippen molar-refractivity contribution in [1.29, 1.82) is 0 Å². The first-order valence-electron chi connectivity index (χ1n) is 10.8. The summed E-state index contributed by atoms with van der Waals surface area (Å²) in [6.07, 6.45) is 1.61. The van der Waals surface area contributed by atoms with Crippen LogP contribution in [0.3, 0.4) is 0 Å². The van der Waals surface area contributed by atoms with Crippen LogP contribution in [-0.2, 0) is 6.61 Å². The Kier molecular flexibility index (Phi) is 5.11. The smallest absolute Gasteiger partial charge is 0.203 e. The van der Waals surface area contributed by atoms with Crippen LogP contribution in [0.15, 0.2) is 42.7 Å². The molecule has 0 aliphatic rings. The lowest BCUT2D eigenvalue weighted by Crippen LogP contribution is -2.03. The van der Waals surface area contributed by atoms with Crippen LogP contribution < -0.4 is 4.74 Å². The predicted molar refractivity (Wildman–Crippen MR) is 127 cm³/mol. The van der Waals surface area contributed by atoms with Crippen LogP contribution in [0, 0.1) is 37.1 Å². The number of pyridine rings is 1. The van der Waals surface area contributed by atoms with Gasteiger partial charge in [0.15, 0.2) is 28.9 Å². The van der Waals surface area contributed by atoms with Gasteiger partial charge in [0.25, 0.3) is 0 Å². The van der Waals surface area contributed by atoms with Gasteiger partial charge in [-0.2, -0.15) is 8.78 Å². The molecule has 0 spiro atoms. The summed E-state index contributed by atoms with van der Waals surface area (Å²) in [6.45, 7) is 3.68. The van der Waals surface area contributed by atoms with Crippen LogP contribution >= 0.6 is 11.3 Å². The topological polar surface area (TPSA) is 65.2 Å². The summed E-state index contributed by atoms with van der Waals surface area (Å²) in [5.41, 5.74) is 4.72. The van der Waals surface area contributed by atoms with E-state index in [1.54, 1.807) is 35.1 Å². The average molecular weight is 509 g/mol. The number of nitrogens with zero attached hydrogens (tertiary/aromatic N) is 5. The molecule has 6 nitrogen and oxygen atoms in total. The van der Waals surface area contributed by atoms with Crippen molar-refractivity contribution in [2.45, 2.75) is 20.5 Å². The monoisotopic (exact) mass is 509 g/mol. The fourth-order valence-corrected chi connectivity index (χ4v) is 5.30. The number of ether oxygens (including phenoxy) is 1. The van der Waals surface area contributed by atoms with Crippen LogP contribution in [-0.4, -0.2) is 24.6 Å². The summed E-state index contributed by atoms with van der Waals surface area (Å²) in [5.74, 6) is -6.86. The molecule has 4 aromatic heterocycles. The van der Waals surface area contributed by atoms with Crippen LogP contribution in [0.25, 0.3) is 37.5 Å². The average Bonchev–Trinajstić information content (AvgIpc) is 3.44. The van der Waals surface area contributed by atoms with E-state index in [0.717, 1.165) is 31.7 Å². The lowest BCUT2D eigenvalue weighted by Gasteiger charge is -2.09. The summed E-state index contributed by atoms with van der Waals surface area (Å²) in [4.78, 5) is 14.8. The van der Waals surface area contributed by atoms with Gasteiger partial charge >= 0.3 is 0 Å². The SMILES string of the molecule is Cc1cc(C)c2c(n1)sc1c2ncn2nc(-c3ccc(COc4c(F)c(F)cc(F)c4F)cc3)nc12. The molecule has 0 atom stereocenters. The molecule has 6 aromatic rings. The number of halogens is 4. The number of hydrogen-bond donors (Lipinski definition) is 0. The van der Waals surface area contributed by atoms with Gasteiger partial charge in [-0.25, -0.2) is 28.2 Å². The Morgan fingerprint density at radius 2 is 1.67 bits per heavy atom. The van der Waals surface area contributed by atoms with E-state index < -0.39 is 29.0 Å². The van der Waals surface area contributed by atoms with Crippen LogP contribution in [0.2, 0.25) is 0 Å². The number of hydrogen-bond acceptors (Lipinski definition) is 6. The minimum absolute atomic E-state index is 0.134. The quantitative estimate of drug-likeness (QED) is 0.206. The van der Waals surface area contributed by atoms with E-state index in [9.17, 15) is 17.6 Å².